The molecule has 1 saturated heterocycles. The minimum Gasteiger partial charge on any atom is -0.507 e. The van der Waals surface area contributed by atoms with Crippen molar-refractivity contribution in [2.75, 3.05) is 27.3 Å². The van der Waals surface area contributed by atoms with Crippen molar-refractivity contribution >= 4 is 5.78 Å². The van der Waals surface area contributed by atoms with Crippen molar-refractivity contribution in [1.29, 1.82) is 0 Å². The third kappa shape index (κ3) is 5.79. The zero-order valence-electron chi connectivity index (χ0n) is 19.3. The number of likely N-dealkylation sites (tertiary alicyclic amines) is 1. The van der Waals surface area contributed by atoms with Gasteiger partial charge < -0.3 is 19.7 Å². The van der Waals surface area contributed by atoms with E-state index in [2.05, 4.69) is 4.98 Å². The summed E-state index contributed by atoms with van der Waals surface area (Å²) >= 11 is 0. The number of aromatic hydroxyl groups is 1. The van der Waals surface area contributed by atoms with E-state index < -0.39 is 24.2 Å². The van der Waals surface area contributed by atoms with Gasteiger partial charge in [-0.1, -0.05) is 6.07 Å². The molecule has 1 aliphatic heterocycles. The fourth-order valence-corrected chi connectivity index (χ4v) is 4.37. The standard InChI is InChI=1S/C24H29F3N2O5/c1-14(30)19-7-6-15(12-28-19)18(23-20(31)9-17(33-2)10-21(23)34-3)11-22(32)29-8-4-5-16(13-29)24(25,26)27/h6-7,9-10,12,16,18,22,31-32H,4-5,8,11,13H2,1-3H3. The van der Waals surface area contributed by atoms with Gasteiger partial charge in [0.25, 0.3) is 0 Å². The summed E-state index contributed by atoms with van der Waals surface area (Å²) in [6.07, 6.45) is -3.76. The first-order valence-electron chi connectivity index (χ1n) is 11.0. The second-order valence-electron chi connectivity index (χ2n) is 8.44. The van der Waals surface area contributed by atoms with Crippen LogP contribution in [-0.2, 0) is 0 Å². The van der Waals surface area contributed by atoms with Crippen LogP contribution >= 0.6 is 0 Å². The Labute approximate surface area is 196 Å². The van der Waals surface area contributed by atoms with Gasteiger partial charge in [-0.3, -0.25) is 14.7 Å². The van der Waals surface area contributed by atoms with Crippen LogP contribution in [0.1, 0.15) is 53.7 Å². The Morgan fingerprint density at radius 1 is 1.26 bits per heavy atom. The quantitative estimate of drug-likeness (QED) is 0.547. The lowest BCUT2D eigenvalue weighted by Gasteiger charge is -2.37. The van der Waals surface area contributed by atoms with E-state index in [1.165, 1.54) is 44.4 Å². The maximum Gasteiger partial charge on any atom is 0.393 e. The molecule has 1 aromatic carbocycles. The second-order valence-corrected chi connectivity index (χ2v) is 8.44. The number of Topliss-reactive ketones (excluding diaryl/α,β-unsaturated/α-hetero) is 1. The molecule has 1 aliphatic rings. The summed E-state index contributed by atoms with van der Waals surface area (Å²) in [4.78, 5) is 17.2. The van der Waals surface area contributed by atoms with Crippen LogP contribution in [0.4, 0.5) is 13.2 Å². The summed E-state index contributed by atoms with van der Waals surface area (Å²) in [5.41, 5.74) is 1.15. The lowest BCUT2D eigenvalue weighted by atomic mass is 9.86. The van der Waals surface area contributed by atoms with Crippen molar-refractivity contribution in [2.24, 2.45) is 5.92 Å². The number of ketones is 1. The number of aliphatic hydroxyl groups excluding tert-OH is 1. The minimum atomic E-state index is -4.33. The van der Waals surface area contributed by atoms with Crippen molar-refractivity contribution in [3.05, 3.63) is 47.3 Å². The van der Waals surface area contributed by atoms with Gasteiger partial charge in [-0.2, -0.15) is 13.2 Å². The van der Waals surface area contributed by atoms with E-state index >= 15 is 0 Å². The van der Waals surface area contributed by atoms with Crippen molar-refractivity contribution in [2.45, 2.75) is 44.5 Å². The number of piperidine rings is 1. The molecule has 3 unspecified atom stereocenters. The van der Waals surface area contributed by atoms with Gasteiger partial charge in [-0.05, 0) is 30.9 Å². The predicted octanol–water partition coefficient (Wildman–Crippen LogP) is 4.12. The number of phenols is 1. The topological polar surface area (TPSA) is 92.1 Å². The number of alkyl halides is 3. The number of nitrogens with zero attached hydrogens (tertiary/aromatic N) is 2. The Bertz CT molecular complexity index is 997. The average molecular weight is 482 g/mol. The number of benzene rings is 1. The van der Waals surface area contributed by atoms with Crippen molar-refractivity contribution in [1.82, 2.24) is 9.88 Å². The molecule has 2 heterocycles. The van der Waals surface area contributed by atoms with Crippen LogP contribution < -0.4 is 9.47 Å². The normalized spacial score (nSPS) is 18.9. The van der Waals surface area contributed by atoms with Crippen LogP contribution in [0.2, 0.25) is 0 Å². The first kappa shape index (κ1) is 25.8. The molecular weight excluding hydrogens is 453 g/mol. The Balaban J connectivity index is 1.98. The molecule has 1 fully saturated rings. The van der Waals surface area contributed by atoms with Crippen LogP contribution in [0, 0.1) is 5.92 Å². The number of ether oxygens (including phenoxy) is 2. The van der Waals surface area contributed by atoms with Crippen LogP contribution in [-0.4, -0.2) is 65.6 Å². The van der Waals surface area contributed by atoms with Gasteiger partial charge in [0, 0.05) is 49.8 Å². The molecular formula is C24H29F3N2O5. The van der Waals surface area contributed by atoms with E-state index in [9.17, 15) is 28.2 Å². The Hall–Kier alpha value is -2.85. The molecule has 0 aliphatic carbocycles. The zero-order chi connectivity index (χ0) is 25.0. The molecule has 0 saturated carbocycles. The van der Waals surface area contributed by atoms with E-state index in [-0.39, 0.29) is 42.4 Å². The van der Waals surface area contributed by atoms with E-state index in [1.807, 2.05) is 0 Å². The number of methoxy groups -OCH3 is 2. The molecule has 2 aromatic rings. The monoisotopic (exact) mass is 482 g/mol. The van der Waals surface area contributed by atoms with E-state index in [0.29, 0.717) is 29.8 Å². The number of carbonyl (C=O) groups excluding carboxylic acids is 1. The highest BCUT2D eigenvalue weighted by molar-refractivity contribution is 5.92. The highest BCUT2D eigenvalue weighted by Crippen LogP contribution is 2.44. The fourth-order valence-electron chi connectivity index (χ4n) is 4.37. The number of phenolic OH excluding ortho intramolecular Hbond substituents is 1. The third-order valence-electron chi connectivity index (χ3n) is 6.23. The van der Waals surface area contributed by atoms with Crippen LogP contribution in [0.5, 0.6) is 17.2 Å². The highest BCUT2D eigenvalue weighted by Gasteiger charge is 2.43. The molecule has 3 atom stereocenters. The van der Waals surface area contributed by atoms with Gasteiger partial charge in [0.1, 0.15) is 29.2 Å². The maximum absolute atomic E-state index is 13.3. The average Bonchev–Trinajstić information content (AvgIpc) is 2.81. The summed E-state index contributed by atoms with van der Waals surface area (Å²) in [5.74, 6) is -1.93. The number of rotatable bonds is 8. The Morgan fingerprint density at radius 3 is 2.56 bits per heavy atom. The zero-order valence-corrected chi connectivity index (χ0v) is 19.3. The van der Waals surface area contributed by atoms with Crippen LogP contribution in [0.15, 0.2) is 30.5 Å². The summed E-state index contributed by atoms with van der Waals surface area (Å²) in [6.45, 7) is 1.41. The first-order valence-corrected chi connectivity index (χ1v) is 11.0. The van der Waals surface area contributed by atoms with Crippen molar-refractivity contribution in [3.63, 3.8) is 0 Å². The van der Waals surface area contributed by atoms with E-state index in [4.69, 9.17) is 9.47 Å². The number of carbonyl (C=O) groups is 1. The minimum absolute atomic E-state index is 0.0259. The molecule has 34 heavy (non-hydrogen) atoms. The molecule has 2 N–H and O–H groups in total. The lowest BCUT2D eigenvalue weighted by molar-refractivity contribution is -0.194. The smallest absolute Gasteiger partial charge is 0.393 e. The van der Waals surface area contributed by atoms with Crippen molar-refractivity contribution in [3.8, 4) is 17.2 Å². The van der Waals surface area contributed by atoms with E-state index in [1.54, 1.807) is 12.1 Å². The molecule has 0 bridgehead atoms. The summed E-state index contributed by atoms with van der Waals surface area (Å²) in [7, 11) is 2.85. The Kier molecular flexibility index (Phi) is 8.04. The molecule has 0 spiro atoms. The van der Waals surface area contributed by atoms with Crippen LogP contribution in [0.25, 0.3) is 0 Å². The second kappa shape index (κ2) is 10.6. The summed E-state index contributed by atoms with van der Waals surface area (Å²) < 4.78 is 50.5. The van der Waals surface area contributed by atoms with E-state index in [0.717, 1.165) is 0 Å². The predicted molar refractivity (Wildman–Crippen MR) is 118 cm³/mol. The number of aliphatic hydroxyl groups is 1. The number of halogens is 3. The lowest BCUT2D eigenvalue weighted by Crippen LogP contribution is -2.47. The van der Waals surface area contributed by atoms with Gasteiger partial charge >= 0.3 is 6.18 Å². The molecule has 3 rings (SSSR count). The molecule has 186 valence electrons. The van der Waals surface area contributed by atoms with Crippen molar-refractivity contribution < 1.29 is 37.7 Å². The Morgan fingerprint density at radius 2 is 2.00 bits per heavy atom. The highest BCUT2D eigenvalue weighted by atomic mass is 19.4. The molecule has 10 heteroatoms. The number of pyridine rings is 1. The summed E-state index contributed by atoms with van der Waals surface area (Å²) in [6, 6.07) is 6.16. The van der Waals surface area contributed by atoms with Gasteiger partial charge in [-0.15, -0.1) is 0 Å². The number of aromatic nitrogens is 1. The van der Waals surface area contributed by atoms with Gasteiger partial charge in [0.15, 0.2) is 5.78 Å². The van der Waals surface area contributed by atoms with Gasteiger partial charge in [-0.25, -0.2) is 0 Å². The molecule has 0 amide bonds. The largest absolute Gasteiger partial charge is 0.507 e. The third-order valence-corrected chi connectivity index (χ3v) is 6.23. The molecule has 7 nitrogen and oxygen atoms in total. The van der Waals surface area contributed by atoms with Crippen LogP contribution in [0.3, 0.4) is 0 Å². The fraction of sp³-hybridized carbons (Fsp3) is 0.500. The maximum atomic E-state index is 13.3. The summed E-state index contributed by atoms with van der Waals surface area (Å²) in [5, 5.41) is 21.8. The number of hydrogen-bond donors (Lipinski definition) is 2. The SMILES string of the molecule is COc1cc(O)c(C(CC(O)N2CCCC(C(F)(F)F)C2)c2ccc(C(C)=O)nc2)c(OC)c1. The molecule has 1 aromatic heterocycles. The number of hydrogen-bond acceptors (Lipinski definition) is 7. The first-order chi connectivity index (χ1) is 16.0. The van der Waals surface area contributed by atoms with Gasteiger partial charge in [0.05, 0.1) is 20.1 Å². The van der Waals surface area contributed by atoms with Gasteiger partial charge in [0.2, 0.25) is 0 Å². The molecule has 0 radical (unpaired) electrons.